The standard InChI is InChI=1S/C17H18BrNO/c1-12-6-7-13(2)16(8-12)17(20)19-11-15-5-3-4-14(9-15)10-18/h3-9H,10-11H2,1-2H3,(H,19,20). The Morgan fingerprint density at radius 3 is 2.60 bits per heavy atom. The van der Waals surface area contributed by atoms with Crippen LogP contribution in [0.2, 0.25) is 0 Å². The second-order valence-corrected chi connectivity index (χ2v) is 5.52. The van der Waals surface area contributed by atoms with Crippen molar-refractivity contribution >= 4 is 21.8 Å². The lowest BCUT2D eigenvalue weighted by Gasteiger charge is -2.09. The molecule has 20 heavy (non-hydrogen) atoms. The molecule has 2 nitrogen and oxygen atoms in total. The number of benzene rings is 2. The summed E-state index contributed by atoms with van der Waals surface area (Å²) in [4.78, 5) is 12.2. The maximum Gasteiger partial charge on any atom is 0.251 e. The molecule has 3 heteroatoms. The Morgan fingerprint density at radius 1 is 1.10 bits per heavy atom. The van der Waals surface area contributed by atoms with Crippen molar-refractivity contribution in [3.63, 3.8) is 0 Å². The third-order valence-electron chi connectivity index (χ3n) is 3.24. The van der Waals surface area contributed by atoms with Crippen molar-refractivity contribution in [2.75, 3.05) is 0 Å². The lowest BCUT2D eigenvalue weighted by Crippen LogP contribution is -2.23. The van der Waals surface area contributed by atoms with Gasteiger partial charge < -0.3 is 5.32 Å². The van der Waals surface area contributed by atoms with Gasteiger partial charge >= 0.3 is 0 Å². The number of amides is 1. The highest BCUT2D eigenvalue weighted by Crippen LogP contribution is 2.12. The summed E-state index contributed by atoms with van der Waals surface area (Å²) in [5.41, 5.74) is 5.18. The van der Waals surface area contributed by atoms with Gasteiger partial charge in [-0.3, -0.25) is 4.79 Å². The third kappa shape index (κ3) is 3.70. The van der Waals surface area contributed by atoms with Gasteiger partial charge in [0.25, 0.3) is 5.91 Å². The molecule has 0 aliphatic carbocycles. The molecule has 0 saturated carbocycles. The van der Waals surface area contributed by atoms with Gasteiger partial charge in [-0.15, -0.1) is 0 Å². The van der Waals surface area contributed by atoms with E-state index in [1.165, 1.54) is 5.56 Å². The van der Waals surface area contributed by atoms with Crippen molar-refractivity contribution in [3.05, 3.63) is 70.3 Å². The predicted molar refractivity (Wildman–Crippen MR) is 86.2 cm³/mol. The minimum absolute atomic E-state index is 0.0181. The van der Waals surface area contributed by atoms with Crippen LogP contribution >= 0.6 is 15.9 Å². The fourth-order valence-corrected chi connectivity index (χ4v) is 2.43. The summed E-state index contributed by atoms with van der Waals surface area (Å²) in [6, 6.07) is 14.1. The van der Waals surface area contributed by atoms with Gasteiger partial charge in [-0.2, -0.15) is 0 Å². The molecular weight excluding hydrogens is 314 g/mol. The summed E-state index contributed by atoms with van der Waals surface area (Å²) in [5, 5.41) is 3.81. The number of hydrogen-bond donors (Lipinski definition) is 1. The SMILES string of the molecule is Cc1ccc(C)c(C(=O)NCc2cccc(CBr)c2)c1. The van der Waals surface area contributed by atoms with Gasteiger partial charge in [0.1, 0.15) is 0 Å². The minimum atomic E-state index is -0.0181. The van der Waals surface area contributed by atoms with Crippen LogP contribution in [0.5, 0.6) is 0 Å². The van der Waals surface area contributed by atoms with E-state index >= 15 is 0 Å². The highest BCUT2D eigenvalue weighted by Gasteiger charge is 2.08. The van der Waals surface area contributed by atoms with E-state index in [1.54, 1.807) is 0 Å². The Bertz CT molecular complexity index is 622. The highest BCUT2D eigenvalue weighted by atomic mass is 79.9. The summed E-state index contributed by atoms with van der Waals surface area (Å²) in [5.74, 6) is -0.0181. The minimum Gasteiger partial charge on any atom is -0.348 e. The fourth-order valence-electron chi connectivity index (χ4n) is 2.08. The van der Waals surface area contributed by atoms with Crippen LogP contribution < -0.4 is 5.32 Å². The molecule has 0 aliphatic heterocycles. The second-order valence-electron chi connectivity index (χ2n) is 4.95. The molecule has 0 saturated heterocycles. The zero-order valence-electron chi connectivity index (χ0n) is 11.7. The second kappa shape index (κ2) is 6.71. The van der Waals surface area contributed by atoms with Crippen LogP contribution in [0, 0.1) is 13.8 Å². The van der Waals surface area contributed by atoms with Gasteiger partial charge in [0.15, 0.2) is 0 Å². The van der Waals surface area contributed by atoms with Crippen LogP contribution in [-0.4, -0.2) is 5.91 Å². The molecule has 0 heterocycles. The number of aryl methyl sites for hydroxylation is 2. The van der Waals surface area contributed by atoms with Crippen molar-refractivity contribution in [1.29, 1.82) is 0 Å². The maximum atomic E-state index is 12.2. The van der Waals surface area contributed by atoms with E-state index in [9.17, 15) is 4.79 Å². The molecule has 2 aromatic rings. The van der Waals surface area contributed by atoms with Crippen LogP contribution in [0.15, 0.2) is 42.5 Å². The summed E-state index contributed by atoms with van der Waals surface area (Å²) in [7, 11) is 0. The summed E-state index contributed by atoms with van der Waals surface area (Å²) in [6.07, 6.45) is 0. The Labute approximate surface area is 128 Å². The van der Waals surface area contributed by atoms with Crippen LogP contribution in [0.3, 0.4) is 0 Å². The lowest BCUT2D eigenvalue weighted by molar-refractivity contribution is 0.0950. The van der Waals surface area contributed by atoms with E-state index in [2.05, 4.69) is 33.4 Å². The van der Waals surface area contributed by atoms with Gasteiger partial charge in [0, 0.05) is 17.4 Å². The first-order chi connectivity index (χ1) is 9.60. The van der Waals surface area contributed by atoms with Gasteiger partial charge in [-0.05, 0) is 36.6 Å². The maximum absolute atomic E-state index is 12.2. The number of halogens is 1. The van der Waals surface area contributed by atoms with Gasteiger partial charge in [0.2, 0.25) is 0 Å². The van der Waals surface area contributed by atoms with Crippen molar-refractivity contribution in [2.45, 2.75) is 25.7 Å². The molecule has 0 atom stereocenters. The topological polar surface area (TPSA) is 29.1 Å². The van der Waals surface area contributed by atoms with Crippen LogP contribution in [0.1, 0.15) is 32.6 Å². The van der Waals surface area contributed by atoms with E-state index in [4.69, 9.17) is 0 Å². The first kappa shape index (κ1) is 14.8. The third-order valence-corrected chi connectivity index (χ3v) is 3.88. The summed E-state index contributed by atoms with van der Waals surface area (Å²) >= 11 is 3.44. The fraction of sp³-hybridized carbons (Fsp3) is 0.235. The molecule has 1 N–H and O–H groups in total. The van der Waals surface area contributed by atoms with E-state index in [0.717, 1.165) is 27.6 Å². The molecule has 0 aliphatic rings. The summed E-state index contributed by atoms with van der Waals surface area (Å²) in [6.45, 7) is 4.50. The van der Waals surface area contributed by atoms with Crippen molar-refractivity contribution in [1.82, 2.24) is 5.32 Å². The zero-order chi connectivity index (χ0) is 14.5. The van der Waals surface area contributed by atoms with Crippen LogP contribution in [0.4, 0.5) is 0 Å². The zero-order valence-corrected chi connectivity index (χ0v) is 13.3. The molecule has 2 aromatic carbocycles. The molecular formula is C17H18BrNO. The average molecular weight is 332 g/mol. The van der Waals surface area contributed by atoms with Gasteiger partial charge in [0.05, 0.1) is 0 Å². The Morgan fingerprint density at radius 2 is 1.85 bits per heavy atom. The largest absolute Gasteiger partial charge is 0.348 e. The first-order valence-electron chi connectivity index (χ1n) is 6.59. The number of nitrogens with one attached hydrogen (secondary N) is 1. The van der Waals surface area contributed by atoms with Gasteiger partial charge in [-0.1, -0.05) is 57.9 Å². The number of hydrogen-bond acceptors (Lipinski definition) is 1. The smallest absolute Gasteiger partial charge is 0.251 e. The molecule has 0 unspecified atom stereocenters. The summed E-state index contributed by atoms with van der Waals surface area (Å²) < 4.78 is 0. The van der Waals surface area contributed by atoms with E-state index in [-0.39, 0.29) is 5.91 Å². The molecule has 0 spiro atoms. The van der Waals surface area contributed by atoms with Gasteiger partial charge in [-0.25, -0.2) is 0 Å². The number of alkyl halides is 1. The molecule has 0 fully saturated rings. The molecule has 0 bridgehead atoms. The van der Waals surface area contributed by atoms with Crippen LogP contribution in [0.25, 0.3) is 0 Å². The monoisotopic (exact) mass is 331 g/mol. The van der Waals surface area contributed by atoms with Crippen molar-refractivity contribution < 1.29 is 4.79 Å². The lowest BCUT2D eigenvalue weighted by atomic mass is 10.0. The number of carbonyl (C=O) groups excluding carboxylic acids is 1. The molecule has 0 radical (unpaired) electrons. The predicted octanol–water partition coefficient (Wildman–Crippen LogP) is 4.13. The van der Waals surface area contributed by atoms with E-state index in [0.29, 0.717) is 6.54 Å². The van der Waals surface area contributed by atoms with Crippen LogP contribution in [-0.2, 0) is 11.9 Å². The van der Waals surface area contributed by atoms with E-state index < -0.39 is 0 Å². The average Bonchev–Trinajstić information content (AvgIpc) is 2.47. The first-order valence-corrected chi connectivity index (χ1v) is 7.71. The highest BCUT2D eigenvalue weighted by molar-refractivity contribution is 9.08. The quantitative estimate of drug-likeness (QED) is 0.838. The molecule has 1 amide bonds. The van der Waals surface area contributed by atoms with Crippen molar-refractivity contribution in [3.8, 4) is 0 Å². The Kier molecular flexibility index (Phi) is 4.96. The van der Waals surface area contributed by atoms with E-state index in [1.807, 2.05) is 44.2 Å². The molecule has 104 valence electrons. The normalized spacial score (nSPS) is 10.3. The number of rotatable bonds is 4. The Hall–Kier alpha value is -1.61. The Balaban J connectivity index is 2.06. The van der Waals surface area contributed by atoms with Crippen molar-refractivity contribution in [2.24, 2.45) is 0 Å². The number of carbonyl (C=O) groups is 1. The molecule has 0 aromatic heterocycles. The molecule has 2 rings (SSSR count).